The molecule has 0 bridgehead atoms. The van der Waals surface area contributed by atoms with Crippen LogP contribution in [0.15, 0.2) is 53.6 Å². The molecule has 2 aromatic carbocycles. The Hall–Kier alpha value is -1.71. The van der Waals surface area contributed by atoms with Gasteiger partial charge in [0.2, 0.25) is 0 Å². The number of H-pyrrole nitrogens is 1. The number of nitrogens with one attached hydrogen (secondary N) is 1. The Morgan fingerprint density at radius 2 is 1.90 bits per heavy atom. The largest absolute Gasteiger partial charge is 0.360 e. The minimum absolute atomic E-state index is 0.0167. The van der Waals surface area contributed by atoms with Gasteiger partial charge < -0.3 is 4.98 Å². The summed E-state index contributed by atoms with van der Waals surface area (Å²) in [5.74, 6) is -0.0167. The van der Waals surface area contributed by atoms with E-state index in [4.69, 9.17) is 11.6 Å². The van der Waals surface area contributed by atoms with Crippen LogP contribution in [-0.2, 0) is 0 Å². The number of halogens is 1. The molecular formula is C16H12ClNOS. The number of fused-ring (bicyclic) bond motifs is 1. The third kappa shape index (κ3) is 2.23. The van der Waals surface area contributed by atoms with Gasteiger partial charge in [0.05, 0.1) is 5.02 Å². The summed E-state index contributed by atoms with van der Waals surface area (Å²) in [6.07, 6.45) is 3.73. The zero-order valence-corrected chi connectivity index (χ0v) is 12.4. The molecule has 0 radical (unpaired) electrons. The molecule has 4 heteroatoms. The fraction of sp³-hybridized carbons (Fsp3) is 0.0625. The minimum Gasteiger partial charge on any atom is -0.360 e. The van der Waals surface area contributed by atoms with E-state index in [1.54, 1.807) is 24.0 Å². The Labute approximate surface area is 126 Å². The number of carbonyl (C=O) groups is 1. The molecular weight excluding hydrogens is 290 g/mol. The minimum atomic E-state index is -0.0167. The first-order valence-electron chi connectivity index (χ1n) is 6.15. The van der Waals surface area contributed by atoms with Crippen LogP contribution in [-0.4, -0.2) is 17.0 Å². The lowest BCUT2D eigenvalue weighted by atomic mass is 10.0. The third-order valence-electron chi connectivity index (χ3n) is 3.25. The lowest BCUT2D eigenvalue weighted by molar-refractivity contribution is 0.104. The molecule has 0 aliphatic heterocycles. The highest BCUT2D eigenvalue weighted by molar-refractivity contribution is 7.98. The molecule has 20 heavy (non-hydrogen) atoms. The van der Waals surface area contributed by atoms with Crippen molar-refractivity contribution in [3.8, 4) is 0 Å². The Bertz CT molecular complexity index is 777. The number of benzene rings is 2. The maximum Gasteiger partial charge on any atom is 0.195 e. The Morgan fingerprint density at radius 1 is 1.15 bits per heavy atom. The molecule has 0 saturated carbocycles. The predicted octanol–water partition coefficient (Wildman–Crippen LogP) is 4.77. The smallest absolute Gasteiger partial charge is 0.195 e. The van der Waals surface area contributed by atoms with E-state index in [0.29, 0.717) is 16.1 Å². The second-order valence-electron chi connectivity index (χ2n) is 4.42. The number of hydrogen-bond donors (Lipinski definition) is 1. The molecule has 0 aliphatic rings. The molecule has 0 amide bonds. The van der Waals surface area contributed by atoms with Crippen LogP contribution in [0.25, 0.3) is 10.9 Å². The summed E-state index contributed by atoms with van der Waals surface area (Å²) in [6.45, 7) is 0. The number of aromatic amines is 1. The van der Waals surface area contributed by atoms with Crippen molar-refractivity contribution < 1.29 is 4.79 Å². The summed E-state index contributed by atoms with van der Waals surface area (Å²) in [5, 5.41) is 1.38. The molecule has 0 spiro atoms. The Balaban J connectivity index is 2.08. The highest BCUT2D eigenvalue weighted by Crippen LogP contribution is 2.28. The highest BCUT2D eigenvalue weighted by Gasteiger charge is 2.16. The number of carbonyl (C=O) groups excluding carboxylic acids is 1. The van der Waals surface area contributed by atoms with Gasteiger partial charge >= 0.3 is 0 Å². The maximum absolute atomic E-state index is 12.6. The van der Waals surface area contributed by atoms with Crippen molar-refractivity contribution in [3.05, 3.63) is 64.8 Å². The van der Waals surface area contributed by atoms with Crippen LogP contribution in [0.4, 0.5) is 0 Å². The molecule has 0 unspecified atom stereocenters. The molecule has 3 aromatic rings. The van der Waals surface area contributed by atoms with Gasteiger partial charge in [0, 0.05) is 33.1 Å². The van der Waals surface area contributed by atoms with Crippen molar-refractivity contribution in [2.75, 3.05) is 6.26 Å². The van der Waals surface area contributed by atoms with Gasteiger partial charge in [-0.2, -0.15) is 0 Å². The van der Waals surface area contributed by atoms with Gasteiger partial charge in [0.1, 0.15) is 0 Å². The van der Waals surface area contributed by atoms with Crippen molar-refractivity contribution >= 4 is 40.0 Å². The van der Waals surface area contributed by atoms with Crippen molar-refractivity contribution in [1.82, 2.24) is 4.98 Å². The third-order valence-corrected chi connectivity index (χ3v) is 4.31. The lowest BCUT2D eigenvalue weighted by Crippen LogP contribution is -2.00. The van der Waals surface area contributed by atoms with Crippen molar-refractivity contribution in [2.45, 2.75) is 4.90 Å². The summed E-state index contributed by atoms with van der Waals surface area (Å²) < 4.78 is 0. The van der Waals surface area contributed by atoms with Crippen molar-refractivity contribution in [3.63, 3.8) is 0 Å². The van der Waals surface area contributed by atoms with Crippen molar-refractivity contribution in [1.29, 1.82) is 0 Å². The number of aromatic nitrogens is 1. The van der Waals surface area contributed by atoms with E-state index in [2.05, 4.69) is 4.98 Å². The standard InChI is InChI=1S/C16H12ClNOS/c1-20-11-7-5-10(6-8-11)16(19)12-9-18-14-4-2-3-13(17)15(12)14/h2-9,18H,1H3. The van der Waals surface area contributed by atoms with E-state index < -0.39 is 0 Å². The first-order chi connectivity index (χ1) is 9.70. The van der Waals surface area contributed by atoms with E-state index in [1.807, 2.05) is 42.7 Å². The number of thioether (sulfide) groups is 1. The average Bonchev–Trinajstić information content (AvgIpc) is 2.92. The summed E-state index contributed by atoms with van der Waals surface area (Å²) in [5.41, 5.74) is 2.16. The summed E-state index contributed by atoms with van der Waals surface area (Å²) in [7, 11) is 0. The van der Waals surface area contributed by atoms with Crippen LogP contribution in [0.3, 0.4) is 0 Å². The highest BCUT2D eigenvalue weighted by atomic mass is 35.5. The quantitative estimate of drug-likeness (QED) is 0.558. The fourth-order valence-electron chi connectivity index (χ4n) is 2.22. The second kappa shape index (κ2) is 5.35. The molecule has 100 valence electrons. The molecule has 1 heterocycles. The van der Waals surface area contributed by atoms with Gasteiger partial charge in [-0.15, -0.1) is 11.8 Å². The van der Waals surface area contributed by atoms with Crippen LogP contribution >= 0.6 is 23.4 Å². The van der Waals surface area contributed by atoms with E-state index in [9.17, 15) is 4.79 Å². The van der Waals surface area contributed by atoms with Gasteiger partial charge in [-0.3, -0.25) is 4.79 Å². The average molecular weight is 302 g/mol. The van der Waals surface area contributed by atoms with Gasteiger partial charge in [-0.05, 0) is 42.7 Å². The molecule has 3 rings (SSSR count). The molecule has 2 nitrogen and oxygen atoms in total. The summed E-state index contributed by atoms with van der Waals surface area (Å²) >= 11 is 7.86. The summed E-state index contributed by atoms with van der Waals surface area (Å²) in [6, 6.07) is 13.2. The van der Waals surface area contributed by atoms with E-state index >= 15 is 0 Å². The molecule has 0 saturated heterocycles. The zero-order valence-electron chi connectivity index (χ0n) is 10.8. The molecule has 0 aliphatic carbocycles. The lowest BCUT2D eigenvalue weighted by Gasteiger charge is -2.02. The van der Waals surface area contributed by atoms with Crippen LogP contribution < -0.4 is 0 Å². The normalized spacial score (nSPS) is 10.9. The molecule has 1 aromatic heterocycles. The van der Waals surface area contributed by atoms with Gasteiger partial charge in [0.15, 0.2) is 5.78 Å². The van der Waals surface area contributed by atoms with Crippen LogP contribution in [0.5, 0.6) is 0 Å². The monoisotopic (exact) mass is 301 g/mol. The first kappa shape index (κ1) is 13.3. The van der Waals surface area contributed by atoms with Crippen LogP contribution in [0, 0.1) is 0 Å². The van der Waals surface area contributed by atoms with Gasteiger partial charge in [-0.25, -0.2) is 0 Å². The van der Waals surface area contributed by atoms with E-state index in [-0.39, 0.29) is 5.78 Å². The molecule has 0 atom stereocenters. The number of rotatable bonds is 3. The van der Waals surface area contributed by atoms with Crippen molar-refractivity contribution in [2.24, 2.45) is 0 Å². The van der Waals surface area contributed by atoms with E-state index in [1.165, 1.54) is 0 Å². The van der Waals surface area contributed by atoms with Crippen LogP contribution in [0.2, 0.25) is 5.02 Å². The Morgan fingerprint density at radius 3 is 2.60 bits per heavy atom. The Kier molecular flexibility index (Phi) is 3.55. The molecule has 1 N–H and O–H groups in total. The van der Waals surface area contributed by atoms with Gasteiger partial charge in [0.25, 0.3) is 0 Å². The number of hydrogen-bond acceptors (Lipinski definition) is 2. The topological polar surface area (TPSA) is 32.9 Å². The first-order valence-corrected chi connectivity index (χ1v) is 7.75. The zero-order chi connectivity index (χ0) is 14.1. The number of ketones is 1. The SMILES string of the molecule is CSc1ccc(C(=O)c2c[nH]c3cccc(Cl)c23)cc1. The summed E-state index contributed by atoms with van der Waals surface area (Å²) in [4.78, 5) is 16.8. The predicted molar refractivity (Wildman–Crippen MR) is 85.0 cm³/mol. The maximum atomic E-state index is 12.6. The van der Waals surface area contributed by atoms with Gasteiger partial charge in [-0.1, -0.05) is 17.7 Å². The van der Waals surface area contributed by atoms with E-state index in [0.717, 1.165) is 15.8 Å². The fourth-order valence-corrected chi connectivity index (χ4v) is 2.90. The second-order valence-corrected chi connectivity index (χ2v) is 5.71. The molecule has 0 fully saturated rings. The van der Waals surface area contributed by atoms with Crippen LogP contribution in [0.1, 0.15) is 15.9 Å².